The number of hydrogen-bond donors (Lipinski definition) is 0. The highest BCUT2D eigenvalue weighted by atomic mass is 35.5. The summed E-state index contributed by atoms with van der Waals surface area (Å²) < 4.78 is 30.2. The van der Waals surface area contributed by atoms with Gasteiger partial charge in [0.1, 0.15) is 0 Å². The molecule has 0 bridgehead atoms. The molecule has 84 valence electrons. The Morgan fingerprint density at radius 1 is 1.57 bits per heavy atom. The van der Waals surface area contributed by atoms with E-state index in [1.807, 2.05) is 6.92 Å². The Morgan fingerprint density at radius 3 is 2.93 bits per heavy atom. The zero-order valence-electron chi connectivity index (χ0n) is 8.28. The number of rotatable bonds is 3. The Labute approximate surface area is 90.2 Å². The molecule has 0 spiro atoms. The van der Waals surface area contributed by atoms with Gasteiger partial charge in [0, 0.05) is 25.6 Å². The molecule has 0 aromatic carbocycles. The van der Waals surface area contributed by atoms with E-state index < -0.39 is 10.0 Å². The first kappa shape index (κ1) is 12.2. The molecule has 14 heavy (non-hydrogen) atoms. The van der Waals surface area contributed by atoms with Gasteiger partial charge in [-0.15, -0.1) is 11.6 Å². The van der Waals surface area contributed by atoms with Crippen molar-refractivity contribution >= 4 is 21.6 Å². The van der Waals surface area contributed by atoms with Crippen molar-refractivity contribution in [3.63, 3.8) is 0 Å². The van der Waals surface area contributed by atoms with Crippen LogP contribution in [0.25, 0.3) is 0 Å². The SMILES string of the molecule is CC1CN(S(=O)(=O)CCCl)CCCO1. The van der Waals surface area contributed by atoms with Crippen LogP contribution in [0.4, 0.5) is 0 Å². The fourth-order valence-corrected chi connectivity index (χ4v) is 3.32. The number of sulfonamides is 1. The van der Waals surface area contributed by atoms with E-state index in [0.717, 1.165) is 6.42 Å². The van der Waals surface area contributed by atoms with Crippen molar-refractivity contribution in [2.75, 3.05) is 31.3 Å². The van der Waals surface area contributed by atoms with Gasteiger partial charge in [-0.2, -0.15) is 4.31 Å². The second kappa shape index (κ2) is 5.30. The van der Waals surface area contributed by atoms with E-state index in [0.29, 0.717) is 19.7 Å². The minimum absolute atomic E-state index is 0.0152. The lowest BCUT2D eigenvalue weighted by molar-refractivity contribution is 0.0752. The van der Waals surface area contributed by atoms with Gasteiger partial charge in [0.25, 0.3) is 0 Å². The van der Waals surface area contributed by atoms with E-state index in [1.165, 1.54) is 4.31 Å². The summed E-state index contributed by atoms with van der Waals surface area (Å²) in [4.78, 5) is 0. The van der Waals surface area contributed by atoms with Gasteiger partial charge in [-0.1, -0.05) is 0 Å². The minimum Gasteiger partial charge on any atom is -0.377 e. The van der Waals surface area contributed by atoms with Crippen molar-refractivity contribution in [2.24, 2.45) is 0 Å². The molecule has 1 aliphatic heterocycles. The van der Waals surface area contributed by atoms with Crippen molar-refractivity contribution < 1.29 is 13.2 Å². The maximum Gasteiger partial charge on any atom is 0.215 e. The predicted molar refractivity (Wildman–Crippen MR) is 56.1 cm³/mol. The fourth-order valence-electron chi connectivity index (χ4n) is 1.44. The van der Waals surface area contributed by atoms with Crippen LogP contribution in [-0.4, -0.2) is 50.2 Å². The molecule has 1 aliphatic rings. The second-order valence-corrected chi connectivity index (χ2v) is 5.86. The zero-order chi connectivity index (χ0) is 10.6. The third kappa shape index (κ3) is 3.38. The van der Waals surface area contributed by atoms with Gasteiger partial charge in [0.2, 0.25) is 10.0 Å². The third-order valence-corrected chi connectivity index (χ3v) is 4.40. The smallest absolute Gasteiger partial charge is 0.215 e. The number of hydrogen-bond acceptors (Lipinski definition) is 3. The first-order valence-corrected chi connectivity index (χ1v) is 6.86. The summed E-state index contributed by atoms with van der Waals surface area (Å²) in [6.07, 6.45) is 0.730. The molecule has 1 rings (SSSR count). The van der Waals surface area contributed by atoms with E-state index in [-0.39, 0.29) is 17.7 Å². The third-order valence-electron chi connectivity index (χ3n) is 2.14. The van der Waals surface area contributed by atoms with Gasteiger partial charge < -0.3 is 4.74 Å². The Bertz CT molecular complexity index is 268. The van der Waals surface area contributed by atoms with E-state index in [2.05, 4.69) is 0 Å². The van der Waals surface area contributed by atoms with Crippen LogP contribution in [0, 0.1) is 0 Å². The standard InChI is InChI=1S/C8H16ClNO3S/c1-8-7-10(4-2-5-13-8)14(11,12)6-3-9/h8H,2-7H2,1H3. The molecule has 4 nitrogen and oxygen atoms in total. The molecule has 0 amide bonds. The fraction of sp³-hybridized carbons (Fsp3) is 1.00. The van der Waals surface area contributed by atoms with Gasteiger partial charge in [0.05, 0.1) is 11.9 Å². The largest absolute Gasteiger partial charge is 0.377 e. The van der Waals surface area contributed by atoms with Crippen LogP contribution in [0.5, 0.6) is 0 Å². The molecule has 0 saturated carbocycles. The van der Waals surface area contributed by atoms with Crippen molar-refractivity contribution in [1.29, 1.82) is 0 Å². The molecule has 6 heteroatoms. The summed E-state index contributed by atoms with van der Waals surface area (Å²) in [7, 11) is -3.17. The molecule has 1 saturated heterocycles. The Kier molecular flexibility index (Phi) is 4.63. The maximum atomic E-state index is 11.7. The highest BCUT2D eigenvalue weighted by Crippen LogP contribution is 2.10. The molecule has 0 aromatic heterocycles. The zero-order valence-corrected chi connectivity index (χ0v) is 9.85. The van der Waals surface area contributed by atoms with Crippen LogP contribution in [0.2, 0.25) is 0 Å². The highest BCUT2D eigenvalue weighted by molar-refractivity contribution is 7.89. The van der Waals surface area contributed by atoms with Gasteiger partial charge in [-0.3, -0.25) is 0 Å². The normalized spacial score (nSPS) is 26.0. The van der Waals surface area contributed by atoms with Gasteiger partial charge in [-0.05, 0) is 13.3 Å². The molecular formula is C8H16ClNO3S. The lowest BCUT2D eigenvalue weighted by Crippen LogP contribution is -2.37. The van der Waals surface area contributed by atoms with Crippen LogP contribution >= 0.6 is 11.6 Å². The Balaban J connectivity index is 2.65. The first-order chi connectivity index (χ1) is 6.56. The molecule has 0 aliphatic carbocycles. The number of nitrogens with zero attached hydrogens (tertiary/aromatic N) is 1. The topological polar surface area (TPSA) is 46.6 Å². The molecule has 1 unspecified atom stereocenters. The van der Waals surface area contributed by atoms with E-state index in [4.69, 9.17) is 16.3 Å². The second-order valence-electron chi connectivity index (χ2n) is 3.40. The predicted octanol–water partition coefficient (Wildman–Crippen LogP) is 0.666. The maximum absolute atomic E-state index is 11.7. The Morgan fingerprint density at radius 2 is 2.29 bits per heavy atom. The van der Waals surface area contributed by atoms with Crippen molar-refractivity contribution in [2.45, 2.75) is 19.4 Å². The summed E-state index contributed by atoms with van der Waals surface area (Å²) in [5, 5.41) is 0. The summed E-state index contributed by atoms with van der Waals surface area (Å²) in [6, 6.07) is 0. The van der Waals surface area contributed by atoms with Gasteiger partial charge in [-0.25, -0.2) is 8.42 Å². The highest BCUT2D eigenvalue weighted by Gasteiger charge is 2.25. The number of ether oxygens (including phenoxy) is 1. The summed E-state index contributed by atoms with van der Waals surface area (Å²) in [6.45, 7) is 3.51. The molecule has 1 atom stereocenters. The van der Waals surface area contributed by atoms with Gasteiger partial charge in [0.15, 0.2) is 0 Å². The summed E-state index contributed by atoms with van der Waals surface area (Å²) in [5.74, 6) is 0.162. The first-order valence-electron chi connectivity index (χ1n) is 4.71. The molecule has 0 radical (unpaired) electrons. The average Bonchev–Trinajstić information content (AvgIpc) is 2.30. The lowest BCUT2D eigenvalue weighted by Gasteiger charge is -2.20. The van der Waals surface area contributed by atoms with Crippen molar-refractivity contribution in [3.8, 4) is 0 Å². The van der Waals surface area contributed by atoms with E-state index >= 15 is 0 Å². The quantitative estimate of drug-likeness (QED) is 0.683. The summed E-state index contributed by atoms with van der Waals surface area (Å²) in [5.41, 5.74) is 0. The van der Waals surface area contributed by atoms with E-state index in [9.17, 15) is 8.42 Å². The lowest BCUT2D eigenvalue weighted by atomic mass is 10.4. The average molecular weight is 242 g/mol. The number of halogens is 1. The molecule has 0 N–H and O–H groups in total. The van der Waals surface area contributed by atoms with Crippen molar-refractivity contribution in [1.82, 2.24) is 4.31 Å². The van der Waals surface area contributed by atoms with E-state index in [1.54, 1.807) is 0 Å². The van der Waals surface area contributed by atoms with Crippen LogP contribution in [-0.2, 0) is 14.8 Å². The van der Waals surface area contributed by atoms with Crippen LogP contribution in [0.1, 0.15) is 13.3 Å². The molecule has 1 fully saturated rings. The monoisotopic (exact) mass is 241 g/mol. The summed E-state index contributed by atoms with van der Waals surface area (Å²) >= 11 is 5.45. The van der Waals surface area contributed by atoms with Crippen LogP contribution < -0.4 is 0 Å². The molecule has 1 heterocycles. The number of alkyl halides is 1. The molecule has 0 aromatic rings. The van der Waals surface area contributed by atoms with Crippen LogP contribution in [0.15, 0.2) is 0 Å². The minimum atomic E-state index is -3.17. The van der Waals surface area contributed by atoms with Crippen molar-refractivity contribution in [3.05, 3.63) is 0 Å². The Hall–Kier alpha value is 0.160. The van der Waals surface area contributed by atoms with Gasteiger partial charge >= 0.3 is 0 Å². The van der Waals surface area contributed by atoms with Crippen LogP contribution in [0.3, 0.4) is 0 Å². The molecular weight excluding hydrogens is 226 g/mol.